The fourth-order valence-corrected chi connectivity index (χ4v) is 3.41. The van der Waals surface area contributed by atoms with Gasteiger partial charge in [0.1, 0.15) is 25.3 Å². The van der Waals surface area contributed by atoms with Crippen LogP contribution in [0.15, 0.2) is 9.98 Å². The number of hydrogen-bond donors (Lipinski definition) is 5. The monoisotopic (exact) mass is 686 g/mol. The Morgan fingerprint density at radius 1 is 0.729 bits per heavy atom. The second-order valence-electron chi connectivity index (χ2n) is 13.1. The number of hydrogen-bond acceptors (Lipinski definition) is 14. The molecule has 0 aliphatic carbocycles. The Balaban J connectivity index is -0.000000389. The van der Waals surface area contributed by atoms with E-state index in [4.69, 9.17) is 14.6 Å². The van der Waals surface area contributed by atoms with E-state index in [-0.39, 0.29) is 55.7 Å². The third-order valence-electron chi connectivity index (χ3n) is 5.15. The van der Waals surface area contributed by atoms with E-state index in [0.717, 1.165) is 0 Å². The summed E-state index contributed by atoms with van der Waals surface area (Å²) < 4.78 is 14.8. The number of amides is 2. The normalized spacial score (nSPS) is 14.5. The van der Waals surface area contributed by atoms with Crippen LogP contribution in [0.3, 0.4) is 0 Å². The zero-order chi connectivity index (χ0) is 36.4. The maximum Gasteiger partial charge on any atom is 1.00 e. The van der Waals surface area contributed by atoms with Gasteiger partial charge in [-0.3, -0.25) is 29.2 Å². The first-order chi connectivity index (χ1) is 20.9. The molecule has 0 aromatic rings. The molecule has 0 heterocycles. The van der Waals surface area contributed by atoms with Gasteiger partial charge < -0.3 is 55.9 Å². The van der Waals surface area contributed by atoms with Gasteiger partial charge in [-0.2, -0.15) is 0 Å². The van der Waals surface area contributed by atoms with Gasteiger partial charge >= 0.3 is 30.8 Å². The van der Waals surface area contributed by atoms with E-state index in [0.29, 0.717) is 6.42 Å². The van der Waals surface area contributed by atoms with Crippen LogP contribution in [0.5, 0.6) is 0 Å². The Bertz CT molecular complexity index is 1030. The molecule has 0 spiro atoms. The largest absolute Gasteiger partial charge is 1.00 e. The second-order valence-corrected chi connectivity index (χ2v) is 13.1. The molecule has 0 rings (SSSR count). The number of nitrogens with zero attached hydrogens (tertiary/aromatic N) is 2. The van der Waals surface area contributed by atoms with Crippen LogP contribution in [0, 0.1) is 11.8 Å². The van der Waals surface area contributed by atoms with Crippen molar-refractivity contribution in [3.8, 4) is 0 Å². The number of ether oxygens (including phenoxy) is 3. The summed E-state index contributed by atoms with van der Waals surface area (Å²) in [5.41, 5.74) is -1.46. The standard InChI is InChI=1S/C16H30N2O6.C14H26N2O6.Li.H2O/c1-7-23-12(19)9-17-14(21)13(20)11(8-10(2)3)18-15(22)24-16(4,5)6;1-8(2)6-9(16-13(21)22-14(3,4)5)11(19)12(20)15-7-10(17)18;;/h10-11,13,20H,7-9H2,1-6H3,(H,17,21)(H,18,22);8-9,11,19H,6-7H2,1-5H3,(H,15,20)(H,16,21)(H,17,18);;1H2/q;;+1;/p-3/t11-,13?;9-,11?;;/m00../s1. The molecule has 18 heteroatoms. The summed E-state index contributed by atoms with van der Waals surface area (Å²) in [4.78, 5) is 52.8. The molecule has 17 nitrogen and oxygen atoms in total. The van der Waals surface area contributed by atoms with E-state index < -0.39 is 78.0 Å². The number of esters is 1. The molecule has 0 radical (unpaired) electrons. The first-order valence-electron chi connectivity index (χ1n) is 15.0. The van der Waals surface area contributed by atoms with Gasteiger partial charge in [-0.15, -0.1) is 0 Å². The van der Waals surface area contributed by atoms with Crippen LogP contribution in [0.25, 0.3) is 0 Å². The van der Waals surface area contributed by atoms with Crippen LogP contribution in [0.1, 0.15) is 89.0 Å². The van der Waals surface area contributed by atoms with E-state index in [1.807, 2.05) is 27.7 Å². The van der Waals surface area contributed by atoms with E-state index in [1.165, 1.54) is 0 Å². The Kier molecular flexibility index (Phi) is 26.9. The maximum absolute atomic E-state index is 12.0. The zero-order valence-electron chi connectivity index (χ0n) is 30.4. The number of carboxylic acid groups (broad SMARTS) is 1. The van der Waals surface area contributed by atoms with Crippen molar-refractivity contribution in [3.05, 3.63) is 0 Å². The van der Waals surface area contributed by atoms with E-state index in [2.05, 4.69) is 25.4 Å². The number of nitrogens with one attached hydrogen (secondary N) is 2. The van der Waals surface area contributed by atoms with Crippen molar-refractivity contribution in [2.24, 2.45) is 21.8 Å². The quantitative estimate of drug-likeness (QED) is 0.0480. The summed E-state index contributed by atoms with van der Waals surface area (Å²) in [6.45, 7) is 18.4. The molecule has 6 N–H and O–H groups in total. The van der Waals surface area contributed by atoms with Gasteiger partial charge in [0.2, 0.25) is 0 Å². The average molecular weight is 687 g/mol. The molecule has 0 aromatic carbocycles. The summed E-state index contributed by atoms with van der Waals surface area (Å²) >= 11 is 0. The van der Waals surface area contributed by atoms with Gasteiger partial charge in [0.25, 0.3) is 11.8 Å². The van der Waals surface area contributed by atoms with Crippen molar-refractivity contribution >= 4 is 35.9 Å². The number of carbonyl (C=O) groups excluding carboxylic acids is 3. The molecule has 276 valence electrons. The molecule has 2 amide bonds. The van der Waals surface area contributed by atoms with Crippen molar-refractivity contribution in [1.29, 1.82) is 0 Å². The minimum absolute atomic E-state index is 0. The van der Waals surface area contributed by atoms with Crippen LogP contribution in [-0.2, 0) is 33.4 Å². The molecular weight excluding hydrogens is 631 g/mol. The minimum Gasteiger partial charge on any atom is -0.870 e. The molecule has 4 atom stereocenters. The van der Waals surface area contributed by atoms with Crippen LogP contribution in [0.4, 0.5) is 0 Å². The fourth-order valence-electron chi connectivity index (χ4n) is 3.41. The Morgan fingerprint density at radius 3 is 1.33 bits per heavy atom. The Hall–Kier alpha value is -3.10. The number of carboxylic acids is 1. The van der Waals surface area contributed by atoms with Gasteiger partial charge in [0.15, 0.2) is 12.2 Å². The number of aliphatic carboxylic acids is 1. The molecule has 0 aromatic heterocycles. The topological polar surface area (TPSA) is 282 Å². The van der Waals surface area contributed by atoms with Crippen LogP contribution in [-0.4, -0.2) is 112 Å². The minimum atomic E-state index is -1.62. The van der Waals surface area contributed by atoms with Gasteiger partial charge in [-0.1, -0.05) is 69.2 Å². The van der Waals surface area contributed by atoms with Crippen LogP contribution < -0.4 is 39.7 Å². The summed E-state index contributed by atoms with van der Waals surface area (Å²) in [6, 6.07) is -1.95. The number of aliphatic imine (C=N–C) groups is 2. The third kappa shape index (κ3) is 28.0. The Labute approximate surface area is 295 Å². The fraction of sp³-hybridized carbons (Fsp3) is 0.800. The van der Waals surface area contributed by atoms with Crippen LogP contribution >= 0.6 is 0 Å². The average Bonchev–Trinajstić information content (AvgIpc) is 2.86. The number of aliphatic hydroxyl groups excluding tert-OH is 2. The van der Waals surface area contributed by atoms with E-state index >= 15 is 0 Å². The Morgan fingerprint density at radius 2 is 1.06 bits per heavy atom. The van der Waals surface area contributed by atoms with Gasteiger partial charge in [-0.05, 0) is 31.6 Å². The summed E-state index contributed by atoms with van der Waals surface area (Å²) in [7, 11) is 0. The first kappa shape index (κ1) is 51.7. The van der Waals surface area contributed by atoms with Crippen molar-refractivity contribution < 1.29 is 83.3 Å². The predicted octanol–water partition coefficient (Wildman–Crippen LogP) is -3.71. The summed E-state index contributed by atoms with van der Waals surface area (Å²) in [6.07, 6.45) is -4.30. The van der Waals surface area contributed by atoms with E-state index in [9.17, 15) is 39.6 Å². The third-order valence-corrected chi connectivity index (χ3v) is 5.15. The van der Waals surface area contributed by atoms with Crippen LogP contribution in [0.2, 0.25) is 0 Å². The molecular formula is C30H55LiN4O13-2. The first-order valence-corrected chi connectivity index (χ1v) is 15.0. The molecule has 0 bridgehead atoms. The number of rotatable bonds is 15. The molecule has 0 aliphatic heterocycles. The zero-order valence-corrected chi connectivity index (χ0v) is 30.4. The second kappa shape index (κ2) is 25.0. The summed E-state index contributed by atoms with van der Waals surface area (Å²) in [5.74, 6) is -3.36. The van der Waals surface area contributed by atoms with E-state index in [1.54, 1.807) is 48.5 Å². The maximum atomic E-state index is 12.0. The molecule has 0 aliphatic rings. The van der Waals surface area contributed by atoms with Crippen molar-refractivity contribution in [1.82, 2.24) is 10.6 Å². The molecule has 2 unspecified atom stereocenters. The number of carbonyl (C=O) groups is 4. The molecule has 48 heavy (non-hydrogen) atoms. The van der Waals surface area contributed by atoms with Gasteiger partial charge in [-0.25, -0.2) is 0 Å². The van der Waals surface area contributed by atoms with Crippen molar-refractivity contribution in [3.63, 3.8) is 0 Å². The molecule has 0 fully saturated rings. The van der Waals surface area contributed by atoms with Gasteiger partial charge in [0, 0.05) is 11.2 Å². The molecule has 0 saturated carbocycles. The van der Waals surface area contributed by atoms with Gasteiger partial charge in [0.05, 0.1) is 18.7 Å². The smallest absolute Gasteiger partial charge is 0.870 e. The number of aliphatic hydroxyl groups is 2. The predicted molar refractivity (Wildman–Crippen MR) is 167 cm³/mol. The van der Waals surface area contributed by atoms with Crippen molar-refractivity contribution in [2.75, 3.05) is 19.7 Å². The summed E-state index contributed by atoms with van der Waals surface area (Å²) in [5, 5.41) is 56.5. The SMILES string of the molecule is CC(C)C[C@H](N=C([O-])OC(C)(C)C)C(O)C(=O)NCC(=O)O.CCOC(=O)CNC(=O)C(O)[C@H](CC(C)C)N=C([O-])OC(C)(C)C.[Li+].[OH-]. The van der Waals surface area contributed by atoms with Crippen molar-refractivity contribution in [2.45, 2.75) is 124 Å². The molecule has 0 saturated heterocycles.